The van der Waals surface area contributed by atoms with E-state index in [9.17, 15) is 23.1 Å². The molecule has 0 amide bonds. The van der Waals surface area contributed by atoms with Crippen molar-refractivity contribution in [2.75, 3.05) is 13.2 Å². The number of carboxylic acids is 1. The maximum atomic E-state index is 14.5. The summed E-state index contributed by atoms with van der Waals surface area (Å²) in [4.78, 5) is 29.4. The average Bonchev–Trinajstić information content (AvgIpc) is 3.46. The number of aliphatic hydroxyl groups is 1. The van der Waals surface area contributed by atoms with Crippen LogP contribution in [0.3, 0.4) is 0 Å². The molecule has 206 valence electrons. The molecule has 3 N–H and O–H groups in total. The summed E-state index contributed by atoms with van der Waals surface area (Å²) in [6.45, 7) is 1.75. The molecule has 0 aliphatic carbocycles. The summed E-state index contributed by atoms with van der Waals surface area (Å²) in [6.07, 6.45) is 5.69. The first-order valence-corrected chi connectivity index (χ1v) is 11.9. The molecule has 3 heterocycles. The third-order valence-electron chi connectivity index (χ3n) is 6.21. The number of hydrogen-bond donors (Lipinski definition) is 3. The molecule has 1 aliphatic heterocycles. The van der Waals surface area contributed by atoms with E-state index in [2.05, 4.69) is 30.4 Å². The van der Waals surface area contributed by atoms with Crippen LogP contribution in [0.2, 0.25) is 0 Å². The van der Waals surface area contributed by atoms with Gasteiger partial charge in [-0.1, -0.05) is 31.2 Å². The Morgan fingerprint density at radius 1 is 1.05 bits per heavy atom. The number of nitrogens with one attached hydrogen (secondary N) is 1. The normalized spacial score (nSPS) is 14.7. The van der Waals surface area contributed by atoms with Gasteiger partial charge in [-0.25, -0.2) is 43.3 Å². The second kappa shape index (κ2) is 12.4. The molecule has 40 heavy (non-hydrogen) atoms. The highest BCUT2D eigenvalue weighted by Gasteiger charge is 2.43. The number of β-amino-alcohol motifs (C(OH)–C–C–N with tert-alkyl or cyclic N) is 1. The van der Waals surface area contributed by atoms with E-state index in [-0.39, 0.29) is 29.1 Å². The fourth-order valence-electron chi connectivity index (χ4n) is 4.17. The molecule has 2 aromatic carbocycles. The van der Waals surface area contributed by atoms with E-state index in [0.29, 0.717) is 12.2 Å². The van der Waals surface area contributed by atoms with Gasteiger partial charge in [0.2, 0.25) is 0 Å². The lowest BCUT2D eigenvalue weighted by Crippen LogP contribution is -2.47. The van der Waals surface area contributed by atoms with E-state index in [4.69, 9.17) is 5.11 Å². The fraction of sp³-hybridized carbons (Fsp3) is 0.185. The molecule has 2 atom stereocenters. The van der Waals surface area contributed by atoms with Gasteiger partial charge in [0, 0.05) is 11.5 Å². The lowest BCUT2D eigenvalue weighted by molar-refractivity contribution is -0.0136. The van der Waals surface area contributed by atoms with Gasteiger partial charge in [-0.15, -0.1) is 0 Å². The van der Waals surface area contributed by atoms with E-state index in [1.807, 2.05) is 0 Å². The molecule has 10 nitrogen and oxygen atoms in total. The Morgan fingerprint density at radius 2 is 1.75 bits per heavy atom. The number of benzene rings is 2. The highest BCUT2D eigenvalue weighted by atomic mass is 19.1. The van der Waals surface area contributed by atoms with Gasteiger partial charge in [0.1, 0.15) is 42.8 Å². The summed E-state index contributed by atoms with van der Waals surface area (Å²) in [7, 11) is 0. The van der Waals surface area contributed by atoms with E-state index in [1.165, 1.54) is 23.7 Å². The monoisotopic (exact) mass is 551 g/mol. The molecule has 0 bridgehead atoms. The molecule has 0 radical (unpaired) electrons. The van der Waals surface area contributed by atoms with Gasteiger partial charge in [0.05, 0.1) is 30.2 Å². The molecule has 0 saturated carbocycles. The summed E-state index contributed by atoms with van der Waals surface area (Å²) in [5.74, 6) is -3.98. The van der Waals surface area contributed by atoms with Crippen molar-refractivity contribution in [2.45, 2.75) is 18.4 Å². The Morgan fingerprint density at radius 3 is 2.35 bits per heavy atom. The third kappa shape index (κ3) is 6.27. The zero-order valence-corrected chi connectivity index (χ0v) is 21.1. The van der Waals surface area contributed by atoms with Crippen LogP contribution in [0.25, 0.3) is 11.3 Å². The van der Waals surface area contributed by atoms with Crippen LogP contribution in [0, 0.1) is 17.5 Å². The van der Waals surface area contributed by atoms with Gasteiger partial charge in [0.15, 0.2) is 11.6 Å². The van der Waals surface area contributed by atoms with Gasteiger partial charge >= 0.3 is 5.97 Å². The second-order valence-corrected chi connectivity index (χ2v) is 8.72. The van der Waals surface area contributed by atoms with E-state index in [1.54, 1.807) is 37.3 Å². The summed E-state index contributed by atoms with van der Waals surface area (Å²) < 4.78 is 43.2. The molecule has 1 aliphatic rings. The second-order valence-electron chi connectivity index (χ2n) is 8.72. The van der Waals surface area contributed by atoms with Crippen LogP contribution in [-0.2, 0) is 5.60 Å². The van der Waals surface area contributed by atoms with Gasteiger partial charge in [-0.05, 0) is 29.8 Å². The molecule has 0 fully saturated rings. The number of nitrogens with zero attached hydrogens (tertiary/aromatic N) is 6. The molecule has 2 aromatic heterocycles. The Bertz CT molecular complexity index is 1510. The van der Waals surface area contributed by atoms with Crippen LogP contribution in [-0.4, -0.2) is 60.7 Å². The van der Waals surface area contributed by atoms with Crippen LogP contribution in [0.5, 0.6) is 0 Å². The Balaban J connectivity index is 0.000000350. The maximum Gasteiger partial charge on any atom is 0.335 e. The number of hydrogen-bond acceptors (Lipinski definition) is 9. The zero-order valence-electron chi connectivity index (χ0n) is 21.1. The molecule has 5 rings (SSSR count). The first-order chi connectivity index (χ1) is 19.2. The molecule has 4 aromatic rings. The standard InChI is InChI=1S/C20H18F3N7O.C7H6O2/c1-12(18-16(22)5-24-8-27-18)20(31,7-30-11-26-10-29-30)15-3-2-13(21)4-14(15)19-17(23)6-25-9-28-19;8-7(9)6-4-2-1-3-5-6/h2-6,8-9,11-12,29,31H,7,10H2,1H3;1-5H,(H,8,9)/t12-,20+;/m0./s1. The lowest BCUT2D eigenvalue weighted by atomic mass is 9.77. The minimum absolute atomic E-state index is 0.0138. The van der Waals surface area contributed by atoms with Crippen molar-refractivity contribution in [1.82, 2.24) is 30.4 Å². The average molecular weight is 552 g/mol. The summed E-state index contributed by atoms with van der Waals surface area (Å²) in [5, 5.41) is 21.9. The molecule has 13 heteroatoms. The number of aromatic nitrogens is 4. The molecule has 0 spiro atoms. The maximum absolute atomic E-state index is 14.5. The minimum Gasteiger partial charge on any atom is -0.478 e. The van der Waals surface area contributed by atoms with Crippen molar-refractivity contribution in [1.29, 1.82) is 0 Å². The highest BCUT2D eigenvalue weighted by molar-refractivity contribution is 5.87. The Kier molecular flexibility index (Phi) is 8.76. The minimum atomic E-state index is -1.86. The smallest absolute Gasteiger partial charge is 0.335 e. The predicted molar refractivity (Wildman–Crippen MR) is 138 cm³/mol. The number of rotatable bonds is 7. The Hall–Kier alpha value is -4.75. The van der Waals surface area contributed by atoms with E-state index < -0.39 is 34.9 Å². The van der Waals surface area contributed by atoms with Crippen molar-refractivity contribution < 1.29 is 28.2 Å². The van der Waals surface area contributed by atoms with Crippen molar-refractivity contribution in [2.24, 2.45) is 4.99 Å². The van der Waals surface area contributed by atoms with Crippen molar-refractivity contribution in [3.63, 3.8) is 0 Å². The van der Waals surface area contributed by atoms with Crippen LogP contribution >= 0.6 is 0 Å². The van der Waals surface area contributed by atoms with Crippen molar-refractivity contribution in [3.8, 4) is 11.3 Å². The quantitative estimate of drug-likeness (QED) is 0.315. The van der Waals surface area contributed by atoms with Gasteiger partial charge in [-0.2, -0.15) is 0 Å². The first-order valence-electron chi connectivity index (χ1n) is 11.9. The number of carboxylic acid groups (broad SMARTS) is 1. The molecule has 0 saturated heterocycles. The Labute approximate surface area is 226 Å². The molecule has 0 unspecified atom stereocenters. The highest BCUT2D eigenvalue weighted by Crippen LogP contribution is 2.42. The fourth-order valence-corrected chi connectivity index (χ4v) is 4.17. The topological polar surface area (TPSA) is 137 Å². The van der Waals surface area contributed by atoms with Crippen molar-refractivity contribution in [3.05, 3.63) is 108 Å². The number of hydrazine groups is 1. The van der Waals surface area contributed by atoms with Crippen LogP contribution in [0.1, 0.15) is 34.5 Å². The number of carbonyl (C=O) groups is 1. The van der Waals surface area contributed by atoms with Gasteiger partial charge in [0.25, 0.3) is 0 Å². The van der Waals surface area contributed by atoms with Crippen molar-refractivity contribution >= 4 is 12.3 Å². The van der Waals surface area contributed by atoms with Crippen LogP contribution < -0.4 is 5.43 Å². The third-order valence-corrected chi connectivity index (χ3v) is 6.21. The summed E-state index contributed by atoms with van der Waals surface area (Å²) in [6, 6.07) is 11.8. The van der Waals surface area contributed by atoms with E-state index in [0.717, 1.165) is 30.9 Å². The van der Waals surface area contributed by atoms with Crippen LogP contribution in [0.15, 0.2) is 78.6 Å². The lowest BCUT2D eigenvalue weighted by Gasteiger charge is -2.38. The molecular weight excluding hydrogens is 527 g/mol. The van der Waals surface area contributed by atoms with E-state index >= 15 is 0 Å². The first kappa shape index (κ1) is 28.3. The number of aliphatic imine (C=N–C) groups is 1. The van der Waals surface area contributed by atoms with Crippen LogP contribution in [0.4, 0.5) is 13.2 Å². The summed E-state index contributed by atoms with van der Waals surface area (Å²) >= 11 is 0. The molecular formula is C27H24F3N7O3. The predicted octanol–water partition coefficient (Wildman–Crippen LogP) is 3.53. The number of halogens is 3. The largest absolute Gasteiger partial charge is 0.478 e. The SMILES string of the molecule is C[C@@H](c1ncncc1F)[C@](O)(CN1C=NCN1)c1ccc(F)cc1-c1ncncc1F.O=C(O)c1ccccc1. The number of aromatic carboxylic acids is 1. The zero-order chi connectivity index (χ0) is 28.7. The van der Waals surface area contributed by atoms with Gasteiger partial charge < -0.3 is 10.2 Å². The summed E-state index contributed by atoms with van der Waals surface area (Å²) in [5.41, 5.74) is 1.31. The van der Waals surface area contributed by atoms with Gasteiger partial charge in [-0.3, -0.25) is 10.0 Å².